The summed E-state index contributed by atoms with van der Waals surface area (Å²) in [5.74, 6) is 0.0845. The number of piperazine rings is 1. The summed E-state index contributed by atoms with van der Waals surface area (Å²) in [5.41, 5.74) is 4.39. The van der Waals surface area contributed by atoms with E-state index in [9.17, 15) is 4.79 Å². The Labute approximate surface area is 201 Å². The number of nitrogens with zero attached hydrogens (tertiary/aromatic N) is 5. The number of aromatic nitrogens is 2. The van der Waals surface area contributed by atoms with Crippen LogP contribution in [0.25, 0.3) is 27.5 Å². The van der Waals surface area contributed by atoms with E-state index in [1.165, 1.54) is 0 Å². The highest BCUT2D eigenvalue weighted by Gasteiger charge is 2.20. The minimum Gasteiger partial charge on any atom is -0.368 e. The third-order valence-electron chi connectivity index (χ3n) is 6.56. The maximum atomic E-state index is 13.2. The highest BCUT2D eigenvalue weighted by Crippen LogP contribution is 2.31. The lowest BCUT2D eigenvalue weighted by atomic mass is 9.99. The van der Waals surface area contributed by atoms with Crippen LogP contribution in [0.15, 0.2) is 64.6 Å². The zero-order valence-corrected chi connectivity index (χ0v) is 19.5. The number of rotatable bonds is 3. The first kappa shape index (κ1) is 21.0. The van der Waals surface area contributed by atoms with E-state index in [0.717, 1.165) is 64.9 Å². The first-order chi connectivity index (χ1) is 16.6. The fourth-order valence-electron chi connectivity index (χ4n) is 4.85. The van der Waals surface area contributed by atoms with Gasteiger partial charge in [-0.2, -0.15) is 0 Å². The van der Waals surface area contributed by atoms with Gasteiger partial charge in [0, 0.05) is 49.2 Å². The van der Waals surface area contributed by atoms with Crippen molar-refractivity contribution in [1.82, 2.24) is 14.9 Å². The molecule has 0 amide bonds. The molecule has 2 aliphatic heterocycles. The maximum absolute atomic E-state index is 13.2. The van der Waals surface area contributed by atoms with Crippen LogP contribution in [0.4, 0.5) is 5.69 Å². The molecule has 0 radical (unpaired) electrons. The highest BCUT2D eigenvalue weighted by atomic mass is 35.5. The van der Waals surface area contributed by atoms with Gasteiger partial charge >= 0.3 is 0 Å². The van der Waals surface area contributed by atoms with Gasteiger partial charge in [0.05, 0.1) is 33.6 Å². The average Bonchev–Trinajstić information content (AvgIpc) is 3.30. The van der Waals surface area contributed by atoms with Gasteiger partial charge in [0.25, 0.3) is 5.56 Å². The Morgan fingerprint density at radius 2 is 1.94 bits per heavy atom. The van der Waals surface area contributed by atoms with E-state index in [1.54, 1.807) is 10.6 Å². The second-order valence-corrected chi connectivity index (χ2v) is 9.14. The van der Waals surface area contributed by atoms with Gasteiger partial charge in [-0.15, -0.1) is 0 Å². The van der Waals surface area contributed by atoms with Crippen LogP contribution in [0.3, 0.4) is 0 Å². The average molecular weight is 472 g/mol. The van der Waals surface area contributed by atoms with Crippen LogP contribution < -0.4 is 15.8 Å². The van der Waals surface area contributed by atoms with Crippen LogP contribution in [-0.2, 0) is 0 Å². The Bertz CT molecular complexity index is 1550. The minimum absolute atomic E-state index is 0.0845. The summed E-state index contributed by atoms with van der Waals surface area (Å²) in [7, 11) is 1.92. The lowest BCUT2D eigenvalue weighted by Crippen LogP contribution is -2.43. The highest BCUT2D eigenvalue weighted by molar-refractivity contribution is 6.33. The molecule has 7 nitrogen and oxygen atoms in total. The van der Waals surface area contributed by atoms with Gasteiger partial charge in [-0.1, -0.05) is 22.4 Å². The molecule has 4 aromatic rings. The molecule has 2 aromatic carbocycles. The molecule has 8 heteroatoms. The van der Waals surface area contributed by atoms with Crippen LogP contribution in [0.5, 0.6) is 0 Å². The first-order valence-electron chi connectivity index (χ1n) is 11.4. The van der Waals surface area contributed by atoms with E-state index in [1.807, 2.05) is 54.5 Å². The zero-order valence-electron chi connectivity index (χ0n) is 18.8. The Morgan fingerprint density at radius 1 is 1.09 bits per heavy atom. The van der Waals surface area contributed by atoms with E-state index in [-0.39, 0.29) is 11.5 Å². The van der Waals surface area contributed by atoms with Gasteiger partial charge in [-0.3, -0.25) is 14.3 Å². The van der Waals surface area contributed by atoms with Crippen LogP contribution >= 0.6 is 11.6 Å². The smallest absolute Gasteiger partial charge is 0.255 e. The van der Waals surface area contributed by atoms with E-state index in [4.69, 9.17) is 11.6 Å². The van der Waals surface area contributed by atoms with Gasteiger partial charge in [-0.25, -0.2) is 0 Å². The molecule has 1 atom stereocenters. The van der Waals surface area contributed by atoms with Crippen molar-refractivity contribution in [2.45, 2.75) is 5.92 Å². The molecular formula is C26H24ClN6O+. The molecule has 2 aliphatic rings. The molecule has 6 rings (SSSR count). The summed E-state index contributed by atoms with van der Waals surface area (Å²) in [6.07, 6.45) is 5.80. The summed E-state index contributed by atoms with van der Waals surface area (Å²) in [4.78, 5) is 20.1. The van der Waals surface area contributed by atoms with Gasteiger partial charge in [-0.05, 0) is 47.1 Å². The van der Waals surface area contributed by atoms with E-state index >= 15 is 0 Å². The number of anilines is 1. The third-order valence-corrected chi connectivity index (χ3v) is 6.86. The summed E-state index contributed by atoms with van der Waals surface area (Å²) in [6, 6.07) is 15.5. The molecule has 0 bridgehead atoms. The number of hydrogen-bond acceptors (Lipinski definition) is 5. The summed E-state index contributed by atoms with van der Waals surface area (Å²) in [6.45, 7) is 3.67. The van der Waals surface area contributed by atoms with E-state index < -0.39 is 0 Å². The predicted molar refractivity (Wildman–Crippen MR) is 138 cm³/mol. The minimum atomic E-state index is -0.106. The monoisotopic (exact) mass is 471 g/mol. The lowest BCUT2D eigenvalue weighted by Gasteiger charge is -2.30. The fourth-order valence-corrected chi connectivity index (χ4v) is 5.14. The van der Waals surface area contributed by atoms with Crippen molar-refractivity contribution in [1.29, 1.82) is 0 Å². The van der Waals surface area contributed by atoms with Crippen LogP contribution in [-0.4, -0.2) is 59.9 Å². The lowest BCUT2D eigenvalue weighted by molar-refractivity contribution is -0.494. The molecule has 34 heavy (non-hydrogen) atoms. The van der Waals surface area contributed by atoms with Crippen molar-refractivity contribution in [3.8, 4) is 5.69 Å². The second kappa shape index (κ2) is 8.34. The SMILES string of the molecule is C[N+]1=CC(c2ccc3ncc4ccc(=O)n(-c5ccc(N6CCNCC6)c(Cl)c5)c4c3c2)C=N1. The maximum Gasteiger partial charge on any atom is 0.255 e. The van der Waals surface area contributed by atoms with Crippen molar-refractivity contribution in [2.24, 2.45) is 5.10 Å². The Morgan fingerprint density at radius 3 is 2.71 bits per heavy atom. The van der Waals surface area contributed by atoms with E-state index in [2.05, 4.69) is 38.6 Å². The number of pyridine rings is 2. The second-order valence-electron chi connectivity index (χ2n) is 8.73. The number of hydrogen-bond donors (Lipinski definition) is 1. The van der Waals surface area contributed by atoms with E-state index in [0.29, 0.717) is 5.02 Å². The number of nitrogens with one attached hydrogen (secondary N) is 1. The number of hydrazone groups is 1. The number of halogens is 1. The van der Waals surface area contributed by atoms with Gasteiger partial charge < -0.3 is 10.2 Å². The topological polar surface area (TPSA) is 65.5 Å². The molecule has 2 aromatic heterocycles. The molecule has 0 saturated carbocycles. The predicted octanol–water partition coefficient (Wildman–Crippen LogP) is 3.40. The molecule has 170 valence electrons. The molecule has 0 spiro atoms. The van der Waals surface area contributed by atoms with Gasteiger partial charge in [0.15, 0.2) is 13.3 Å². The van der Waals surface area contributed by atoms with Crippen molar-refractivity contribution in [3.63, 3.8) is 0 Å². The largest absolute Gasteiger partial charge is 0.368 e. The molecular weight excluding hydrogens is 448 g/mol. The number of fused-ring (bicyclic) bond motifs is 3. The first-order valence-corrected chi connectivity index (χ1v) is 11.8. The molecule has 1 unspecified atom stereocenters. The zero-order chi connectivity index (χ0) is 23.2. The van der Waals surface area contributed by atoms with Gasteiger partial charge in [0.1, 0.15) is 5.92 Å². The van der Waals surface area contributed by atoms with Crippen LogP contribution in [0.1, 0.15) is 11.5 Å². The Balaban J connectivity index is 1.55. The third kappa shape index (κ3) is 3.57. The quantitative estimate of drug-likeness (QED) is 0.367. The van der Waals surface area contributed by atoms with Crippen molar-refractivity contribution in [2.75, 3.05) is 38.1 Å². The Hall–Kier alpha value is -3.55. The normalized spacial score (nSPS) is 18.1. The summed E-state index contributed by atoms with van der Waals surface area (Å²) >= 11 is 6.75. The fraction of sp³-hybridized carbons (Fsp3) is 0.231. The van der Waals surface area contributed by atoms with Crippen LogP contribution in [0.2, 0.25) is 5.02 Å². The molecule has 1 fully saturated rings. The van der Waals surface area contributed by atoms with Gasteiger partial charge in [0.2, 0.25) is 0 Å². The summed E-state index contributed by atoms with van der Waals surface area (Å²) in [5, 5.41) is 10.2. The Kier molecular flexibility index (Phi) is 5.16. The van der Waals surface area contributed by atoms with Crippen molar-refractivity contribution < 1.29 is 4.68 Å². The molecule has 4 heterocycles. The number of benzene rings is 2. The standard InChI is InChI=1S/C26H24ClN6O/c1-31-16-19(15-30-31)17-2-5-23-21(12-17)26-18(14-29-23)3-7-25(34)33(26)20-4-6-24(22(27)13-20)32-10-8-28-9-11-32/h2-7,12-16,19,28H,8-11H2,1H3/q+1. The van der Waals surface area contributed by atoms with Crippen molar-refractivity contribution in [3.05, 3.63) is 75.7 Å². The molecule has 1 saturated heterocycles. The van der Waals surface area contributed by atoms with Crippen molar-refractivity contribution >= 4 is 51.5 Å². The van der Waals surface area contributed by atoms with Crippen LogP contribution in [0, 0.1) is 0 Å². The molecule has 1 N–H and O–H groups in total. The summed E-state index contributed by atoms with van der Waals surface area (Å²) < 4.78 is 3.56. The molecule has 0 aliphatic carbocycles.